The number of nitrogens with zero attached hydrogens (tertiary/aromatic N) is 1. The number of carbonyl (C=O) groups excluding carboxylic acids is 1. The predicted octanol–water partition coefficient (Wildman–Crippen LogP) is 4.64. The number of carbonyl (C=O) groups is 1. The lowest BCUT2D eigenvalue weighted by Gasteiger charge is -2.41. The highest BCUT2D eigenvalue weighted by molar-refractivity contribution is 5.98. The summed E-state index contributed by atoms with van der Waals surface area (Å²) in [5.41, 5.74) is 9.59. The van der Waals surface area contributed by atoms with Gasteiger partial charge in [-0.3, -0.25) is 4.79 Å². The molecule has 1 fully saturated rings. The second-order valence-electron chi connectivity index (χ2n) is 8.73. The fourth-order valence-electron chi connectivity index (χ4n) is 4.79. The highest BCUT2D eigenvalue weighted by Crippen LogP contribution is 2.36. The van der Waals surface area contributed by atoms with Crippen LogP contribution in [-0.4, -0.2) is 42.1 Å². The Morgan fingerprint density at radius 3 is 2.88 bits per heavy atom. The van der Waals surface area contributed by atoms with Crippen molar-refractivity contribution in [2.75, 3.05) is 20.3 Å². The lowest BCUT2D eigenvalue weighted by Crippen LogP contribution is -2.42. The van der Waals surface area contributed by atoms with Crippen molar-refractivity contribution >= 4 is 22.9 Å². The van der Waals surface area contributed by atoms with Crippen LogP contribution in [0, 0.1) is 5.82 Å². The number of H-pyrrole nitrogens is 1. The maximum atomic E-state index is 14.3. The topological polar surface area (TPSA) is 80.6 Å². The summed E-state index contributed by atoms with van der Waals surface area (Å²) in [5, 5.41) is 1.18. The molecule has 7 heteroatoms. The van der Waals surface area contributed by atoms with Gasteiger partial charge in [-0.2, -0.15) is 0 Å². The summed E-state index contributed by atoms with van der Waals surface area (Å²) in [6.45, 7) is 1.14. The molecule has 2 aromatic carbocycles. The molecule has 1 saturated carbocycles. The van der Waals surface area contributed by atoms with E-state index in [4.69, 9.17) is 15.2 Å². The number of amides is 1. The summed E-state index contributed by atoms with van der Waals surface area (Å²) in [6, 6.07) is 9.16. The van der Waals surface area contributed by atoms with E-state index in [1.165, 1.54) is 29.5 Å². The van der Waals surface area contributed by atoms with Gasteiger partial charge in [-0.05, 0) is 74.1 Å². The molecule has 0 saturated heterocycles. The third-order valence-electron chi connectivity index (χ3n) is 6.79. The Morgan fingerprint density at radius 2 is 2.15 bits per heavy atom. The van der Waals surface area contributed by atoms with E-state index in [1.54, 1.807) is 7.11 Å². The van der Waals surface area contributed by atoms with Crippen LogP contribution < -0.4 is 15.2 Å². The first-order valence-corrected chi connectivity index (χ1v) is 11.4. The number of nitrogens with one attached hydrogen (secondary N) is 1. The minimum atomic E-state index is -0.586. The number of hydrogen-bond donors (Lipinski definition) is 2. The maximum Gasteiger partial charge on any atom is 0.249 e. The molecular formula is C26H28FN3O3. The van der Waals surface area contributed by atoms with E-state index in [-0.39, 0.29) is 17.9 Å². The van der Waals surface area contributed by atoms with E-state index in [0.717, 1.165) is 49.2 Å². The summed E-state index contributed by atoms with van der Waals surface area (Å²) >= 11 is 0. The van der Waals surface area contributed by atoms with Crippen LogP contribution in [0.25, 0.3) is 17.0 Å². The summed E-state index contributed by atoms with van der Waals surface area (Å²) in [4.78, 5) is 17.6. The zero-order valence-electron chi connectivity index (χ0n) is 18.7. The number of rotatable bonds is 8. The van der Waals surface area contributed by atoms with E-state index in [0.29, 0.717) is 11.6 Å². The van der Waals surface area contributed by atoms with Crippen LogP contribution in [0.4, 0.5) is 4.39 Å². The van der Waals surface area contributed by atoms with E-state index in [2.05, 4.69) is 22.1 Å². The molecule has 0 unspecified atom stereocenters. The van der Waals surface area contributed by atoms with Crippen molar-refractivity contribution in [1.29, 1.82) is 0 Å². The molecule has 3 N–H and O–H groups in total. The number of methoxy groups -OCH3 is 1. The molecule has 0 spiro atoms. The normalized spacial score (nSPS) is 15.4. The van der Waals surface area contributed by atoms with Crippen LogP contribution in [-0.2, 0) is 6.42 Å². The maximum absolute atomic E-state index is 14.3. The van der Waals surface area contributed by atoms with Crippen molar-refractivity contribution in [1.82, 2.24) is 9.88 Å². The zero-order valence-corrected chi connectivity index (χ0v) is 18.7. The van der Waals surface area contributed by atoms with Crippen molar-refractivity contribution in [3.05, 3.63) is 64.7 Å². The summed E-state index contributed by atoms with van der Waals surface area (Å²) in [6.07, 6.45) is 9.28. The number of aromatic amines is 1. The average Bonchev–Trinajstić information content (AvgIpc) is 3.19. The first kappa shape index (κ1) is 21.4. The number of benzene rings is 2. The predicted molar refractivity (Wildman–Crippen MR) is 126 cm³/mol. The minimum absolute atomic E-state index is 0.108. The molecule has 1 aromatic heterocycles. The van der Waals surface area contributed by atoms with Crippen molar-refractivity contribution in [2.45, 2.75) is 38.1 Å². The second kappa shape index (κ2) is 8.81. The Balaban J connectivity index is 1.37. The van der Waals surface area contributed by atoms with Gasteiger partial charge in [0.1, 0.15) is 12.4 Å². The Kier molecular flexibility index (Phi) is 5.70. The Hall–Kier alpha value is -3.48. The highest BCUT2D eigenvalue weighted by atomic mass is 19.1. The Bertz CT molecular complexity index is 1230. The van der Waals surface area contributed by atoms with Crippen LogP contribution in [0.1, 0.15) is 47.2 Å². The van der Waals surface area contributed by atoms with Gasteiger partial charge in [0.2, 0.25) is 5.91 Å². The van der Waals surface area contributed by atoms with Crippen LogP contribution in [0.5, 0.6) is 11.5 Å². The standard InChI is InChI=1S/C26H28FN3O3/c1-32-19-7-10-24-21(13-19)16(14-29-24)4-3-11-30(17-5-2-6-17)18-12-22-20(26(28)31)8-9-23(27)25(22)33-15-18/h7-10,12-14,17,29H,2-6,11,15H2,1H3,(H2,28,31). The average molecular weight is 450 g/mol. The number of primary amides is 1. The van der Waals surface area contributed by atoms with Gasteiger partial charge in [-0.25, -0.2) is 4.39 Å². The van der Waals surface area contributed by atoms with Crippen LogP contribution in [0.2, 0.25) is 0 Å². The second-order valence-corrected chi connectivity index (χ2v) is 8.73. The molecule has 172 valence electrons. The number of fused-ring (bicyclic) bond motifs is 2. The summed E-state index contributed by atoms with van der Waals surface area (Å²) in [5.74, 6) is -0.107. The molecule has 3 aromatic rings. The number of nitrogens with two attached hydrogens (primary N) is 1. The van der Waals surface area contributed by atoms with Gasteiger partial charge in [0.05, 0.1) is 18.4 Å². The lowest BCUT2D eigenvalue weighted by molar-refractivity contribution is 0.0999. The Morgan fingerprint density at radius 1 is 1.30 bits per heavy atom. The molecule has 2 heterocycles. The number of halogens is 1. The molecule has 33 heavy (non-hydrogen) atoms. The smallest absolute Gasteiger partial charge is 0.249 e. The molecule has 5 rings (SSSR count). The van der Waals surface area contributed by atoms with Gasteiger partial charge in [0.15, 0.2) is 11.6 Å². The summed E-state index contributed by atoms with van der Waals surface area (Å²) < 4.78 is 25.5. The van der Waals surface area contributed by atoms with Crippen molar-refractivity contribution in [3.63, 3.8) is 0 Å². The van der Waals surface area contributed by atoms with E-state index in [1.807, 2.05) is 18.2 Å². The number of aromatic nitrogens is 1. The number of hydrogen-bond acceptors (Lipinski definition) is 4. The third kappa shape index (κ3) is 4.03. The minimum Gasteiger partial charge on any atom is -0.497 e. The van der Waals surface area contributed by atoms with Gasteiger partial charge in [0.25, 0.3) is 0 Å². The lowest BCUT2D eigenvalue weighted by atomic mass is 9.90. The number of aryl methyl sites for hydroxylation is 1. The van der Waals surface area contributed by atoms with Gasteiger partial charge < -0.3 is 25.1 Å². The van der Waals surface area contributed by atoms with Crippen LogP contribution in [0.15, 0.2) is 42.2 Å². The highest BCUT2D eigenvalue weighted by Gasteiger charge is 2.30. The van der Waals surface area contributed by atoms with Crippen molar-refractivity contribution < 1.29 is 18.7 Å². The van der Waals surface area contributed by atoms with Crippen molar-refractivity contribution in [2.24, 2.45) is 5.73 Å². The van der Waals surface area contributed by atoms with Gasteiger partial charge >= 0.3 is 0 Å². The van der Waals surface area contributed by atoms with Gasteiger partial charge in [0, 0.05) is 35.2 Å². The first-order valence-electron chi connectivity index (χ1n) is 11.4. The molecular weight excluding hydrogens is 421 g/mol. The fourth-order valence-corrected chi connectivity index (χ4v) is 4.79. The first-order chi connectivity index (χ1) is 16.0. The van der Waals surface area contributed by atoms with E-state index >= 15 is 0 Å². The number of ether oxygens (including phenoxy) is 2. The molecule has 2 aliphatic rings. The SMILES string of the molecule is COc1ccc2[nH]cc(CCCN(C3=Cc4c(C(N)=O)ccc(F)c4OC3)C3CCC3)c2c1. The molecule has 6 nitrogen and oxygen atoms in total. The Labute approximate surface area is 192 Å². The summed E-state index contributed by atoms with van der Waals surface area (Å²) in [7, 11) is 1.68. The monoisotopic (exact) mass is 449 g/mol. The molecule has 0 radical (unpaired) electrons. The van der Waals surface area contributed by atoms with E-state index in [9.17, 15) is 9.18 Å². The van der Waals surface area contributed by atoms with Crippen LogP contribution in [0.3, 0.4) is 0 Å². The zero-order chi connectivity index (χ0) is 22.9. The molecule has 1 amide bonds. The third-order valence-corrected chi connectivity index (χ3v) is 6.79. The van der Waals surface area contributed by atoms with Gasteiger partial charge in [-0.15, -0.1) is 0 Å². The quantitative estimate of drug-likeness (QED) is 0.525. The van der Waals surface area contributed by atoms with Gasteiger partial charge in [-0.1, -0.05) is 0 Å². The molecule has 1 aliphatic heterocycles. The van der Waals surface area contributed by atoms with Crippen molar-refractivity contribution in [3.8, 4) is 11.5 Å². The fraction of sp³-hybridized carbons (Fsp3) is 0.346. The molecule has 0 bridgehead atoms. The van der Waals surface area contributed by atoms with Crippen LogP contribution >= 0.6 is 0 Å². The molecule has 1 aliphatic carbocycles. The molecule has 0 atom stereocenters. The largest absolute Gasteiger partial charge is 0.497 e. The van der Waals surface area contributed by atoms with E-state index < -0.39 is 11.7 Å².